The number of hydrogen-bond acceptors (Lipinski definition) is 9. The number of nitro groups is 1. The van der Waals surface area contributed by atoms with Crippen molar-refractivity contribution >= 4 is 38.2 Å². The number of benzene rings is 1. The van der Waals surface area contributed by atoms with Gasteiger partial charge in [0.25, 0.3) is 5.69 Å². The monoisotopic (exact) mass is 593 g/mol. The fraction of sp³-hybridized carbons (Fsp3) is 0.379. The fourth-order valence-electron chi connectivity index (χ4n) is 6.06. The highest BCUT2D eigenvalue weighted by Crippen LogP contribution is 2.45. The summed E-state index contributed by atoms with van der Waals surface area (Å²) < 4.78 is 40.2. The van der Waals surface area contributed by atoms with Gasteiger partial charge in [0.1, 0.15) is 23.0 Å². The molecule has 0 bridgehead atoms. The number of fused-ring (bicyclic) bond motifs is 1. The lowest BCUT2D eigenvalue weighted by atomic mass is 9.69. The van der Waals surface area contributed by atoms with Crippen molar-refractivity contribution in [3.8, 4) is 5.75 Å². The summed E-state index contributed by atoms with van der Waals surface area (Å²) in [5.41, 5.74) is 6.35. The average Bonchev–Trinajstić information content (AvgIpc) is 3.43. The molecule has 13 heteroatoms. The lowest BCUT2D eigenvalue weighted by molar-refractivity contribution is -0.384. The highest BCUT2D eigenvalue weighted by Gasteiger charge is 2.54. The lowest BCUT2D eigenvalue weighted by Crippen LogP contribution is -2.53. The van der Waals surface area contributed by atoms with Crippen molar-refractivity contribution < 1.29 is 27.6 Å². The number of aromatic amines is 1. The van der Waals surface area contributed by atoms with E-state index in [1.807, 2.05) is 0 Å². The van der Waals surface area contributed by atoms with E-state index in [9.17, 15) is 23.3 Å². The number of carbonyl (C=O) groups excluding carboxylic acids is 1. The zero-order valence-electron chi connectivity index (χ0n) is 22.7. The molecule has 220 valence electrons. The Morgan fingerprint density at radius 2 is 2.00 bits per heavy atom. The minimum absolute atomic E-state index is 0.0763. The molecular formula is C29H31N5O7S. The SMILES string of the molecule is NC(=O)C1C=CC=CC1(Oc1cnc2[nH]ccc2c1)S(=O)(=O)c1ccc(NCC2CCC3(CC2)COC3)c([N+](=O)[O-])c1. The summed E-state index contributed by atoms with van der Waals surface area (Å²) in [6, 6.07) is 7.00. The van der Waals surface area contributed by atoms with Crippen molar-refractivity contribution in [2.24, 2.45) is 23.0 Å². The standard InChI is InChI=1S/C29H31N5O7S/c30-26(35)23-3-1-2-9-29(23,41-21-13-20-8-12-31-27(20)33-16-21)42(38,39)22-4-5-24(25(14-22)34(36)37)32-15-19-6-10-28(11-7-19)17-40-18-28/h1-5,8-9,12-14,16,19,23,32H,6-7,10-11,15,17-18H2,(H2,30,35)(H,31,33). The number of primary amides is 1. The predicted molar refractivity (Wildman–Crippen MR) is 154 cm³/mol. The van der Waals surface area contributed by atoms with Crippen molar-refractivity contribution in [1.29, 1.82) is 0 Å². The number of nitrogens with two attached hydrogens (primary N) is 1. The van der Waals surface area contributed by atoms with Crippen LogP contribution in [0.15, 0.2) is 71.9 Å². The number of rotatable bonds is 9. The Morgan fingerprint density at radius 1 is 1.21 bits per heavy atom. The van der Waals surface area contributed by atoms with Crippen molar-refractivity contribution in [3.05, 3.63) is 77.1 Å². The van der Waals surface area contributed by atoms with Gasteiger partial charge in [-0.3, -0.25) is 14.9 Å². The molecule has 2 aromatic heterocycles. The molecule has 12 nitrogen and oxygen atoms in total. The number of nitrogens with one attached hydrogen (secondary N) is 2. The first-order chi connectivity index (χ1) is 20.1. The number of nitrogens with zero attached hydrogens (tertiary/aromatic N) is 2. The van der Waals surface area contributed by atoms with Crippen LogP contribution >= 0.6 is 0 Å². The molecule has 2 aliphatic carbocycles. The van der Waals surface area contributed by atoms with E-state index in [2.05, 4.69) is 15.3 Å². The molecule has 3 heterocycles. The van der Waals surface area contributed by atoms with Crippen LogP contribution in [0.3, 0.4) is 0 Å². The largest absolute Gasteiger partial charge is 0.464 e. The number of amides is 1. The van der Waals surface area contributed by atoms with Crippen molar-refractivity contribution in [1.82, 2.24) is 9.97 Å². The first-order valence-electron chi connectivity index (χ1n) is 13.7. The normalized spacial score (nSPS) is 23.5. The summed E-state index contributed by atoms with van der Waals surface area (Å²) in [5.74, 6) is -1.95. The summed E-state index contributed by atoms with van der Waals surface area (Å²) in [5, 5.41) is 15.9. The zero-order valence-corrected chi connectivity index (χ0v) is 23.5. The molecule has 2 atom stereocenters. The molecule has 2 unspecified atom stereocenters. The maximum atomic E-state index is 14.3. The summed E-state index contributed by atoms with van der Waals surface area (Å²) in [6.07, 6.45) is 12.6. The first kappa shape index (κ1) is 27.9. The summed E-state index contributed by atoms with van der Waals surface area (Å²) in [4.78, 5) is 28.6. The molecule has 1 saturated carbocycles. The fourth-order valence-corrected chi connectivity index (χ4v) is 7.93. The molecule has 1 saturated heterocycles. The van der Waals surface area contributed by atoms with E-state index >= 15 is 0 Å². The molecule has 0 radical (unpaired) electrons. The molecule has 1 spiro atoms. The molecule has 3 aliphatic rings. The van der Waals surface area contributed by atoms with Crippen LogP contribution in [0.25, 0.3) is 11.0 Å². The van der Waals surface area contributed by atoms with Crippen LogP contribution in [0.5, 0.6) is 5.75 Å². The number of nitro benzene ring substituents is 1. The van der Waals surface area contributed by atoms with Gasteiger partial charge in [-0.25, -0.2) is 13.4 Å². The number of aromatic nitrogens is 2. The van der Waals surface area contributed by atoms with E-state index in [1.165, 1.54) is 42.6 Å². The molecule has 3 aromatic rings. The zero-order chi connectivity index (χ0) is 29.5. The van der Waals surface area contributed by atoms with Crippen molar-refractivity contribution in [2.75, 3.05) is 25.1 Å². The van der Waals surface area contributed by atoms with Crippen LogP contribution in [0, 0.1) is 27.4 Å². The third-order valence-electron chi connectivity index (χ3n) is 8.60. The van der Waals surface area contributed by atoms with E-state index < -0.39 is 37.2 Å². The van der Waals surface area contributed by atoms with Crippen molar-refractivity contribution in [3.63, 3.8) is 0 Å². The highest BCUT2D eigenvalue weighted by atomic mass is 32.2. The number of allylic oxidation sites excluding steroid dienone is 2. The predicted octanol–water partition coefficient (Wildman–Crippen LogP) is 3.87. The van der Waals surface area contributed by atoms with Gasteiger partial charge in [-0.2, -0.15) is 0 Å². The Kier molecular flexibility index (Phi) is 7.01. The van der Waals surface area contributed by atoms with Gasteiger partial charge < -0.3 is 25.5 Å². The molecule has 2 fully saturated rings. The number of ether oxygens (including phenoxy) is 2. The number of H-pyrrole nitrogens is 1. The van der Waals surface area contributed by atoms with Crippen molar-refractivity contribution in [2.45, 2.75) is 35.5 Å². The second kappa shape index (κ2) is 10.6. The molecular weight excluding hydrogens is 562 g/mol. The van der Waals surface area contributed by atoms with Crippen LogP contribution in [0.4, 0.5) is 11.4 Å². The Bertz CT molecular complexity index is 1700. The summed E-state index contributed by atoms with van der Waals surface area (Å²) >= 11 is 0. The molecule has 4 N–H and O–H groups in total. The van der Waals surface area contributed by atoms with Gasteiger partial charge in [0, 0.05) is 29.6 Å². The van der Waals surface area contributed by atoms with Gasteiger partial charge in [-0.15, -0.1) is 0 Å². The number of pyridine rings is 1. The smallest absolute Gasteiger partial charge is 0.293 e. The molecule has 6 rings (SSSR count). The second-order valence-corrected chi connectivity index (χ2v) is 13.4. The summed E-state index contributed by atoms with van der Waals surface area (Å²) in [6.45, 7) is 2.14. The van der Waals surface area contributed by atoms with E-state index in [1.54, 1.807) is 18.3 Å². The number of carbonyl (C=O) groups is 1. The molecule has 1 aromatic carbocycles. The quantitative estimate of drug-likeness (QED) is 0.245. The number of hydrogen-bond donors (Lipinski definition) is 3. The van der Waals surface area contributed by atoms with Crippen LogP contribution in [-0.4, -0.2) is 53.9 Å². The van der Waals surface area contributed by atoms with E-state index in [0.29, 0.717) is 28.9 Å². The lowest BCUT2D eigenvalue weighted by Gasteiger charge is -2.46. The molecule has 1 amide bonds. The minimum atomic E-state index is -4.61. The Balaban J connectivity index is 1.32. The maximum Gasteiger partial charge on any atom is 0.293 e. The van der Waals surface area contributed by atoms with Gasteiger partial charge >= 0.3 is 0 Å². The van der Waals surface area contributed by atoms with Crippen LogP contribution in [-0.2, 0) is 19.4 Å². The van der Waals surface area contributed by atoms with E-state index in [-0.39, 0.29) is 16.3 Å². The topological polar surface area (TPSA) is 180 Å². The molecule has 42 heavy (non-hydrogen) atoms. The van der Waals surface area contributed by atoms with Gasteiger partial charge in [-0.05, 0) is 61.9 Å². The third-order valence-corrected chi connectivity index (χ3v) is 10.8. The van der Waals surface area contributed by atoms with Crippen LogP contribution in [0.1, 0.15) is 25.7 Å². The Hall–Kier alpha value is -4.23. The Labute approximate surface area is 242 Å². The first-order valence-corrected chi connectivity index (χ1v) is 15.2. The Morgan fingerprint density at radius 3 is 2.69 bits per heavy atom. The van der Waals surface area contributed by atoms with Crippen LogP contribution in [0.2, 0.25) is 0 Å². The van der Waals surface area contributed by atoms with Gasteiger partial charge in [0.05, 0.1) is 29.2 Å². The third kappa shape index (κ3) is 4.81. The number of anilines is 1. The summed E-state index contributed by atoms with van der Waals surface area (Å²) in [7, 11) is -4.61. The van der Waals surface area contributed by atoms with Crippen LogP contribution < -0.4 is 15.8 Å². The van der Waals surface area contributed by atoms with E-state index in [0.717, 1.165) is 45.0 Å². The van der Waals surface area contributed by atoms with E-state index in [4.69, 9.17) is 15.2 Å². The van der Waals surface area contributed by atoms with Gasteiger partial charge in [0.2, 0.25) is 20.7 Å². The van der Waals surface area contributed by atoms with Gasteiger partial charge in [0.15, 0.2) is 0 Å². The maximum absolute atomic E-state index is 14.3. The second-order valence-electron chi connectivity index (χ2n) is 11.3. The average molecular weight is 594 g/mol. The van der Waals surface area contributed by atoms with Gasteiger partial charge in [-0.1, -0.05) is 18.2 Å². The minimum Gasteiger partial charge on any atom is -0.464 e. The highest BCUT2D eigenvalue weighted by molar-refractivity contribution is 7.93. The molecule has 1 aliphatic heterocycles. The number of sulfone groups is 1.